The van der Waals surface area contributed by atoms with E-state index < -0.39 is 0 Å². The van der Waals surface area contributed by atoms with Crippen LogP contribution in [0.25, 0.3) is 0 Å². The second kappa shape index (κ2) is 6.28. The van der Waals surface area contributed by atoms with Crippen molar-refractivity contribution >= 4 is 12.1 Å². The SMILES string of the molecule is CCCN(C(=O)NC)C(=O)NCC. The molecule has 0 aromatic rings. The van der Waals surface area contributed by atoms with E-state index in [1.807, 2.05) is 13.8 Å². The minimum Gasteiger partial charge on any atom is -0.341 e. The highest BCUT2D eigenvalue weighted by Gasteiger charge is 2.17. The highest BCUT2D eigenvalue weighted by atomic mass is 16.2. The number of amides is 4. The number of carbonyl (C=O) groups excluding carboxylic acids is 2. The molecule has 0 heterocycles. The fraction of sp³-hybridized carbons (Fsp3) is 0.750. The van der Waals surface area contributed by atoms with Crippen LogP contribution in [0.3, 0.4) is 0 Å². The van der Waals surface area contributed by atoms with E-state index in [0.29, 0.717) is 13.1 Å². The van der Waals surface area contributed by atoms with Crippen molar-refractivity contribution in [3.05, 3.63) is 0 Å². The van der Waals surface area contributed by atoms with Crippen molar-refractivity contribution in [3.63, 3.8) is 0 Å². The molecule has 13 heavy (non-hydrogen) atoms. The van der Waals surface area contributed by atoms with Crippen molar-refractivity contribution in [1.82, 2.24) is 15.5 Å². The Hall–Kier alpha value is -1.26. The van der Waals surface area contributed by atoms with Gasteiger partial charge in [-0.15, -0.1) is 0 Å². The van der Waals surface area contributed by atoms with Crippen molar-refractivity contribution in [3.8, 4) is 0 Å². The van der Waals surface area contributed by atoms with E-state index in [-0.39, 0.29) is 12.1 Å². The zero-order chi connectivity index (χ0) is 10.3. The first-order chi connectivity index (χ1) is 6.17. The summed E-state index contributed by atoms with van der Waals surface area (Å²) in [6.45, 7) is 4.68. The van der Waals surface area contributed by atoms with E-state index in [1.54, 1.807) is 0 Å². The lowest BCUT2D eigenvalue weighted by Crippen LogP contribution is -2.47. The molecule has 4 amide bonds. The predicted octanol–water partition coefficient (Wildman–Crippen LogP) is 0.767. The standard InChI is InChI=1S/C8H17N3O2/c1-4-6-11(7(12)9-3)8(13)10-5-2/h4-6H2,1-3H3,(H,9,12)(H,10,13). The lowest BCUT2D eigenvalue weighted by Gasteiger charge is -2.19. The zero-order valence-corrected chi connectivity index (χ0v) is 8.39. The topological polar surface area (TPSA) is 61.4 Å². The molecule has 0 saturated heterocycles. The zero-order valence-electron chi connectivity index (χ0n) is 8.39. The third-order valence-corrected chi connectivity index (χ3v) is 1.48. The molecule has 0 aromatic carbocycles. The lowest BCUT2D eigenvalue weighted by atomic mass is 10.4. The summed E-state index contributed by atoms with van der Waals surface area (Å²) in [5, 5.41) is 4.99. The normalized spacial score (nSPS) is 9.15. The number of hydrogen-bond donors (Lipinski definition) is 2. The number of rotatable bonds is 3. The van der Waals surface area contributed by atoms with Crippen molar-refractivity contribution < 1.29 is 9.59 Å². The number of nitrogens with zero attached hydrogens (tertiary/aromatic N) is 1. The number of urea groups is 2. The molecule has 0 rings (SSSR count). The van der Waals surface area contributed by atoms with Crippen LogP contribution in [-0.4, -0.2) is 37.1 Å². The number of hydrogen-bond acceptors (Lipinski definition) is 2. The Kier molecular flexibility index (Phi) is 5.67. The third kappa shape index (κ3) is 3.78. The predicted molar refractivity (Wildman–Crippen MR) is 50.5 cm³/mol. The van der Waals surface area contributed by atoms with E-state index in [9.17, 15) is 9.59 Å². The van der Waals surface area contributed by atoms with Crippen LogP contribution in [0.15, 0.2) is 0 Å². The molecule has 0 radical (unpaired) electrons. The first-order valence-corrected chi connectivity index (χ1v) is 4.44. The quantitative estimate of drug-likeness (QED) is 0.685. The van der Waals surface area contributed by atoms with Crippen molar-refractivity contribution in [2.75, 3.05) is 20.1 Å². The second-order valence-electron chi connectivity index (χ2n) is 2.54. The molecule has 0 fully saturated rings. The van der Waals surface area contributed by atoms with Crippen LogP contribution in [0, 0.1) is 0 Å². The van der Waals surface area contributed by atoms with Gasteiger partial charge in [0.2, 0.25) is 0 Å². The summed E-state index contributed by atoms with van der Waals surface area (Å²) >= 11 is 0. The van der Waals surface area contributed by atoms with Gasteiger partial charge in [0.05, 0.1) is 0 Å². The molecular formula is C8H17N3O2. The van der Waals surface area contributed by atoms with Crippen LogP contribution in [0.5, 0.6) is 0 Å². The minimum atomic E-state index is -0.368. The van der Waals surface area contributed by atoms with E-state index >= 15 is 0 Å². The Balaban J connectivity index is 4.22. The molecule has 0 spiro atoms. The Morgan fingerprint density at radius 2 is 1.85 bits per heavy atom. The number of carbonyl (C=O) groups is 2. The highest BCUT2D eigenvalue weighted by molar-refractivity contribution is 5.93. The Labute approximate surface area is 78.5 Å². The van der Waals surface area contributed by atoms with Crippen molar-refractivity contribution in [1.29, 1.82) is 0 Å². The van der Waals surface area contributed by atoms with E-state index in [4.69, 9.17) is 0 Å². The van der Waals surface area contributed by atoms with Gasteiger partial charge in [-0.05, 0) is 13.3 Å². The second-order valence-corrected chi connectivity index (χ2v) is 2.54. The molecule has 0 aliphatic rings. The van der Waals surface area contributed by atoms with Gasteiger partial charge < -0.3 is 10.6 Å². The summed E-state index contributed by atoms with van der Waals surface area (Å²) in [5.74, 6) is 0. The maximum Gasteiger partial charge on any atom is 0.325 e. The molecule has 0 aliphatic carbocycles. The minimum absolute atomic E-state index is 0.344. The summed E-state index contributed by atoms with van der Waals surface area (Å²) in [6.07, 6.45) is 0.755. The molecule has 0 unspecified atom stereocenters. The van der Waals surface area contributed by atoms with Gasteiger partial charge in [-0.3, -0.25) is 0 Å². The van der Waals surface area contributed by atoms with E-state index in [0.717, 1.165) is 11.3 Å². The van der Waals surface area contributed by atoms with E-state index in [2.05, 4.69) is 10.6 Å². The van der Waals surface area contributed by atoms with Crippen LogP contribution in [0.2, 0.25) is 0 Å². The maximum atomic E-state index is 11.3. The summed E-state index contributed by atoms with van der Waals surface area (Å²) < 4.78 is 0. The average Bonchev–Trinajstić information content (AvgIpc) is 2.13. The first kappa shape index (κ1) is 11.7. The molecule has 0 atom stereocenters. The van der Waals surface area contributed by atoms with Crippen LogP contribution in [0.4, 0.5) is 9.59 Å². The Bertz CT molecular complexity index is 182. The van der Waals surface area contributed by atoms with Gasteiger partial charge >= 0.3 is 12.1 Å². The average molecular weight is 187 g/mol. The molecule has 76 valence electrons. The Morgan fingerprint density at radius 1 is 1.23 bits per heavy atom. The van der Waals surface area contributed by atoms with E-state index in [1.165, 1.54) is 7.05 Å². The van der Waals surface area contributed by atoms with Gasteiger partial charge in [-0.2, -0.15) is 0 Å². The van der Waals surface area contributed by atoms with Crippen LogP contribution >= 0.6 is 0 Å². The monoisotopic (exact) mass is 187 g/mol. The fourth-order valence-corrected chi connectivity index (χ4v) is 0.901. The largest absolute Gasteiger partial charge is 0.341 e. The van der Waals surface area contributed by atoms with Crippen LogP contribution in [-0.2, 0) is 0 Å². The van der Waals surface area contributed by atoms with Crippen molar-refractivity contribution in [2.24, 2.45) is 0 Å². The summed E-state index contributed by atoms with van der Waals surface area (Å²) in [4.78, 5) is 23.6. The molecular weight excluding hydrogens is 170 g/mol. The molecule has 0 aromatic heterocycles. The Morgan fingerprint density at radius 3 is 2.23 bits per heavy atom. The lowest BCUT2D eigenvalue weighted by molar-refractivity contribution is 0.187. The smallest absolute Gasteiger partial charge is 0.325 e. The summed E-state index contributed by atoms with van der Waals surface area (Å²) in [6, 6.07) is -0.712. The van der Waals surface area contributed by atoms with Gasteiger partial charge in [0.25, 0.3) is 0 Å². The summed E-state index contributed by atoms with van der Waals surface area (Å²) in [5.41, 5.74) is 0. The first-order valence-electron chi connectivity index (χ1n) is 4.44. The number of nitrogens with one attached hydrogen (secondary N) is 2. The summed E-state index contributed by atoms with van der Waals surface area (Å²) in [7, 11) is 1.50. The van der Waals surface area contributed by atoms with Gasteiger partial charge in [-0.25, -0.2) is 14.5 Å². The van der Waals surface area contributed by atoms with Gasteiger partial charge in [0.15, 0.2) is 0 Å². The van der Waals surface area contributed by atoms with Gasteiger partial charge in [0.1, 0.15) is 0 Å². The van der Waals surface area contributed by atoms with Crippen LogP contribution in [0.1, 0.15) is 20.3 Å². The van der Waals surface area contributed by atoms with Crippen LogP contribution < -0.4 is 10.6 Å². The molecule has 5 heteroatoms. The van der Waals surface area contributed by atoms with Crippen molar-refractivity contribution in [2.45, 2.75) is 20.3 Å². The van der Waals surface area contributed by atoms with Gasteiger partial charge in [0, 0.05) is 20.1 Å². The fourth-order valence-electron chi connectivity index (χ4n) is 0.901. The molecule has 2 N–H and O–H groups in total. The molecule has 0 bridgehead atoms. The maximum absolute atomic E-state index is 11.3. The molecule has 0 aliphatic heterocycles. The molecule has 5 nitrogen and oxygen atoms in total. The highest BCUT2D eigenvalue weighted by Crippen LogP contribution is 1.93. The number of imide groups is 1. The third-order valence-electron chi connectivity index (χ3n) is 1.48. The molecule has 0 saturated carbocycles. The van der Waals surface area contributed by atoms with Gasteiger partial charge in [-0.1, -0.05) is 6.92 Å².